The van der Waals surface area contributed by atoms with E-state index in [1.807, 2.05) is 4.90 Å². The lowest BCUT2D eigenvalue weighted by molar-refractivity contribution is 0.0731. The van der Waals surface area contributed by atoms with E-state index < -0.39 is 0 Å². The smallest absolute Gasteiger partial charge is 0.317 e. The molecule has 1 aromatic rings. The molecule has 0 spiro atoms. The normalized spacial score (nSPS) is 30.5. The van der Waals surface area contributed by atoms with Gasteiger partial charge in [0.15, 0.2) is 0 Å². The fourth-order valence-electron chi connectivity index (χ4n) is 4.25. The van der Waals surface area contributed by atoms with Gasteiger partial charge in [-0.25, -0.2) is 4.79 Å². The van der Waals surface area contributed by atoms with E-state index in [2.05, 4.69) is 34.5 Å². The lowest BCUT2D eigenvalue weighted by Crippen LogP contribution is -2.59. The largest absolute Gasteiger partial charge is 0.334 e. The topological polar surface area (TPSA) is 35.6 Å². The lowest BCUT2D eigenvalue weighted by Gasteiger charge is -2.45. The molecule has 1 atom stereocenters. The van der Waals surface area contributed by atoms with Crippen LogP contribution in [0.5, 0.6) is 0 Å². The van der Waals surface area contributed by atoms with Gasteiger partial charge in [0.1, 0.15) is 0 Å². The van der Waals surface area contributed by atoms with Crippen LogP contribution in [0.15, 0.2) is 24.3 Å². The van der Waals surface area contributed by atoms with Crippen LogP contribution in [0, 0.1) is 5.92 Å². The number of fused-ring (bicyclic) bond motifs is 4. The van der Waals surface area contributed by atoms with Gasteiger partial charge in [-0.1, -0.05) is 24.3 Å². The van der Waals surface area contributed by atoms with Crippen molar-refractivity contribution < 1.29 is 4.79 Å². The molecule has 0 radical (unpaired) electrons. The Balaban J connectivity index is 1.37. The predicted molar refractivity (Wildman–Crippen MR) is 86.9 cm³/mol. The molecule has 4 heterocycles. The van der Waals surface area contributed by atoms with Gasteiger partial charge in [-0.15, -0.1) is 0 Å². The van der Waals surface area contributed by atoms with Gasteiger partial charge in [-0.2, -0.15) is 0 Å². The number of rotatable bonds is 1. The Bertz CT molecular complexity index is 524. The van der Waals surface area contributed by atoms with E-state index in [0.29, 0.717) is 12.0 Å². The van der Waals surface area contributed by atoms with Gasteiger partial charge in [0.2, 0.25) is 0 Å². The molecule has 5 rings (SSSR count). The summed E-state index contributed by atoms with van der Waals surface area (Å²) in [5.41, 5.74) is 2.81. The summed E-state index contributed by atoms with van der Waals surface area (Å²) in [6.45, 7) is 5.16. The first-order valence-corrected chi connectivity index (χ1v) is 8.64. The second-order valence-electron chi connectivity index (χ2n) is 6.95. The molecular weight excluding hydrogens is 274 g/mol. The number of benzene rings is 1. The van der Waals surface area contributed by atoms with Gasteiger partial charge >= 0.3 is 6.03 Å². The predicted octanol–water partition coefficient (Wildman–Crippen LogP) is 1.89. The number of carbonyl (C=O) groups is 1. The standard InChI is InChI=1S/C18H25N3O/c22-18(19-17-13-20-9-5-16(17)6-10-20)21-11-7-14-3-1-2-4-15(14)8-12-21/h1-4,16-17H,5-13H2,(H,19,22)/t17-/m1/s1. The van der Waals surface area contributed by atoms with Gasteiger partial charge in [-0.05, 0) is 55.8 Å². The summed E-state index contributed by atoms with van der Waals surface area (Å²) in [4.78, 5) is 17.1. The molecule has 3 saturated heterocycles. The Morgan fingerprint density at radius 3 is 2.18 bits per heavy atom. The zero-order valence-electron chi connectivity index (χ0n) is 13.1. The molecule has 22 heavy (non-hydrogen) atoms. The molecule has 4 aliphatic heterocycles. The summed E-state index contributed by atoms with van der Waals surface area (Å²) in [5, 5.41) is 3.32. The highest BCUT2D eigenvalue weighted by atomic mass is 16.2. The second kappa shape index (κ2) is 5.92. The molecular formula is C18H25N3O. The maximum absolute atomic E-state index is 12.6. The first-order valence-electron chi connectivity index (χ1n) is 8.64. The molecule has 0 aromatic heterocycles. The van der Waals surface area contributed by atoms with Crippen molar-refractivity contribution in [3.63, 3.8) is 0 Å². The van der Waals surface area contributed by atoms with Crippen LogP contribution in [-0.4, -0.2) is 54.6 Å². The van der Waals surface area contributed by atoms with Crippen molar-refractivity contribution in [1.82, 2.24) is 15.1 Å². The highest BCUT2D eigenvalue weighted by molar-refractivity contribution is 5.74. The number of nitrogens with zero attached hydrogens (tertiary/aromatic N) is 2. The molecule has 1 N–H and O–H groups in total. The quantitative estimate of drug-likeness (QED) is 0.859. The monoisotopic (exact) mass is 299 g/mol. The van der Waals surface area contributed by atoms with Crippen LogP contribution in [0.2, 0.25) is 0 Å². The summed E-state index contributed by atoms with van der Waals surface area (Å²) in [5.74, 6) is 0.693. The zero-order chi connectivity index (χ0) is 14.9. The molecule has 0 saturated carbocycles. The van der Waals surface area contributed by atoms with Crippen molar-refractivity contribution in [3.05, 3.63) is 35.4 Å². The Kier molecular flexibility index (Phi) is 3.78. The fraction of sp³-hybridized carbons (Fsp3) is 0.611. The molecule has 4 aliphatic rings. The molecule has 4 nitrogen and oxygen atoms in total. The van der Waals surface area contributed by atoms with E-state index in [1.54, 1.807) is 0 Å². The molecule has 2 amide bonds. The summed E-state index contributed by atoms with van der Waals surface area (Å²) in [7, 11) is 0. The molecule has 1 aromatic carbocycles. The summed E-state index contributed by atoms with van der Waals surface area (Å²) in [6, 6.07) is 9.10. The van der Waals surface area contributed by atoms with Gasteiger partial charge < -0.3 is 15.1 Å². The second-order valence-corrected chi connectivity index (χ2v) is 6.95. The lowest BCUT2D eigenvalue weighted by atomic mass is 9.84. The number of piperidine rings is 3. The number of urea groups is 1. The Hall–Kier alpha value is -1.55. The van der Waals surface area contributed by atoms with E-state index in [1.165, 1.54) is 37.1 Å². The molecule has 3 fully saturated rings. The molecule has 4 heteroatoms. The van der Waals surface area contributed by atoms with E-state index in [-0.39, 0.29) is 6.03 Å². The maximum atomic E-state index is 12.6. The minimum absolute atomic E-state index is 0.145. The van der Waals surface area contributed by atoms with E-state index in [0.717, 1.165) is 32.5 Å². The van der Waals surface area contributed by atoms with E-state index in [4.69, 9.17) is 0 Å². The van der Waals surface area contributed by atoms with E-state index >= 15 is 0 Å². The average molecular weight is 299 g/mol. The minimum atomic E-state index is 0.145. The number of amides is 2. The Morgan fingerprint density at radius 2 is 1.64 bits per heavy atom. The van der Waals surface area contributed by atoms with Gasteiger partial charge in [0, 0.05) is 25.7 Å². The van der Waals surface area contributed by atoms with Gasteiger partial charge in [0.05, 0.1) is 0 Å². The summed E-state index contributed by atoms with van der Waals surface area (Å²) < 4.78 is 0. The highest BCUT2D eigenvalue weighted by Crippen LogP contribution is 2.27. The average Bonchev–Trinajstić information content (AvgIpc) is 2.78. The third-order valence-corrected chi connectivity index (χ3v) is 5.67. The third-order valence-electron chi connectivity index (χ3n) is 5.67. The number of hydrogen-bond acceptors (Lipinski definition) is 2. The van der Waals surface area contributed by atoms with Crippen LogP contribution < -0.4 is 5.32 Å². The first kappa shape index (κ1) is 14.1. The SMILES string of the molecule is O=C(N[C@@H]1CN2CCC1CC2)N1CCc2ccccc2CC1. The fourth-order valence-corrected chi connectivity index (χ4v) is 4.25. The maximum Gasteiger partial charge on any atom is 0.317 e. The van der Waals surface area contributed by atoms with Crippen molar-refractivity contribution in [1.29, 1.82) is 0 Å². The summed E-state index contributed by atoms with van der Waals surface area (Å²) >= 11 is 0. The third kappa shape index (κ3) is 2.72. The van der Waals surface area contributed by atoms with Crippen LogP contribution in [-0.2, 0) is 12.8 Å². The molecule has 118 valence electrons. The molecule has 0 aliphatic carbocycles. The van der Waals surface area contributed by atoms with Crippen LogP contribution in [0.3, 0.4) is 0 Å². The Morgan fingerprint density at radius 1 is 1.00 bits per heavy atom. The van der Waals surface area contributed by atoms with E-state index in [9.17, 15) is 4.79 Å². The van der Waals surface area contributed by atoms with Crippen molar-refractivity contribution in [2.45, 2.75) is 31.7 Å². The number of nitrogens with one attached hydrogen (secondary N) is 1. The molecule has 0 unspecified atom stereocenters. The number of hydrogen-bond donors (Lipinski definition) is 1. The minimum Gasteiger partial charge on any atom is -0.334 e. The van der Waals surface area contributed by atoms with Crippen molar-refractivity contribution >= 4 is 6.03 Å². The zero-order valence-corrected chi connectivity index (χ0v) is 13.1. The first-order chi connectivity index (χ1) is 10.8. The van der Waals surface area contributed by atoms with Gasteiger partial charge in [0.25, 0.3) is 0 Å². The van der Waals surface area contributed by atoms with Crippen LogP contribution in [0.4, 0.5) is 4.79 Å². The highest BCUT2D eigenvalue weighted by Gasteiger charge is 2.35. The Labute approximate surface area is 132 Å². The molecule has 2 bridgehead atoms. The van der Waals surface area contributed by atoms with Gasteiger partial charge in [-0.3, -0.25) is 0 Å². The van der Waals surface area contributed by atoms with Crippen molar-refractivity contribution in [2.75, 3.05) is 32.7 Å². The van der Waals surface area contributed by atoms with Crippen LogP contribution in [0.1, 0.15) is 24.0 Å². The van der Waals surface area contributed by atoms with Crippen LogP contribution in [0.25, 0.3) is 0 Å². The van der Waals surface area contributed by atoms with Crippen LogP contribution >= 0.6 is 0 Å². The van der Waals surface area contributed by atoms with Crippen molar-refractivity contribution in [2.24, 2.45) is 5.92 Å². The summed E-state index contributed by atoms with van der Waals surface area (Å²) in [6.07, 6.45) is 4.44. The number of carbonyl (C=O) groups excluding carboxylic acids is 1. The van der Waals surface area contributed by atoms with Crippen molar-refractivity contribution in [3.8, 4) is 0 Å².